The lowest BCUT2D eigenvalue weighted by atomic mass is 10.1. The van der Waals surface area contributed by atoms with Crippen molar-refractivity contribution in [1.82, 2.24) is 10.3 Å². The summed E-state index contributed by atoms with van der Waals surface area (Å²) in [6.07, 6.45) is 3.60. The Balaban J connectivity index is 1.94. The van der Waals surface area contributed by atoms with Crippen LogP contribution in [-0.4, -0.2) is 17.4 Å². The van der Waals surface area contributed by atoms with Crippen LogP contribution in [-0.2, 0) is 13.0 Å². The first-order chi connectivity index (χ1) is 10.2. The number of rotatable bonds is 2. The monoisotopic (exact) mass is 300 g/mol. The summed E-state index contributed by atoms with van der Waals surface area (Å²) < 4.78 is 0. The van der Waals surface area contributed by atoms with E-state index >= 15 is 0 Å². The van der Waals surface area contributed by atoms with E-state index in [1.54, 1.807) is 0 Å². The van der Waals surface area contributed by atoms with Crippen LogP contribution in [0, 0.1) is 11.3 Å². The third-order valence-electron chi connectivity index (χ3n) is 3.34. The highest BCUT2D eigenvalue weighted by molar-refractivity contribution is 7.16. The predicted octanol–water partition coefficient (Wildman–Crippen LogP) is 1.21. The zero-order valence-electron chi connectivity index (χ0n) is 11.0. The van der Waals surface area contributed by atoms with Gasteiger partial charge in [0.15, 0.2) is 5.43 Å². The first-order valence-electron chi connectivity index (χ1n) is 6.44. The van der Waals surface area contributed by atoms with E-state index in [-0.39, 0.29) is 11.0 Å². The molecule has 3 rings (SSSR count). The van der Waals surface area contributed by atoms with Gasteiger partial charge in [0.2, 0.25) is 0 Å². The van der Waals surface area contributed by atoms with Crippen LogP contribution >= 0.6 is 11.3 Å². The van der Waals surface area contributed by atoms with Gasteiger partial charge in [0.25, 0.3) is 5.91 Å². The van der Waals surface area contributed by atoms with Crippen LogP contribution in [0.2, 0.25) is 0 Å². The largest absolute Gasteiger partial charge is 0.367 e. The molecule has 0 aromatic carbocycles. The zero-order chi connectivity index (χ0) is 14.8. The Bertz CT molecular complexity index is 800. The number of pyridine rings is 1. The first kappa shape index (κ1) is 13.5. The molecule has 0 atom stereocenters. The van der Waals surface area contributed by atoms with Crippen LogP contribution in [0.1, 0.15) is 26.4 Å². The van der Waals surface area contributed by atoms with Crippen molar-refractivity contribution in [3.63, 3.8) is 0 Å². The van der Waals surface area contributed by atoms with Gasteiger partial charge in [0, 0.05) is 29.9 Å². The quantitative estimate of drug-likeness (QED) is 0.776. The summed E-state index contributed by atoms with van der Waals surface area (Å²) >= 11 is 1.39. The summed E-state index contributed by atoms with van der Waals surface area (Å²) in [5.74, 6) is -0.500. The van der Waals surface area contributed by atoms with E-state index in [4.69, 9.17) is 0 Å². The molecule has 2 aromatic rings. The van der Waals surface area contributed by atoms with Gasteiger partial charge in [-0.05, 0) is 18.5 Å². The lowest BCUT2D eigenvalue weighted by molar-refractivity contribution is 0.102. The Morgan fingerprint density at radius 1 is 1.48 bits per heavy atom. The molecule has 2 aromatic heterocycles. The van der Waals surface area contributed by atoms with Gasteiger partial charge in [0.1, 0.15) is 16.6 Å². The molecule has 0 radical (unpaired) electrons. The van der Waals surface area contributed by atoms with Crippen LogP contribution in [0.15, 0.2) is 23.3 Å². The first-order valence-corrected chi connectivity index (χ1v) is 7.26. The molecule has 0 saturated carbocycles. The topological polar surface area (TPSA) is 97.8 Å². The summed E-state index contributed by atoms with van der Waals surface area (Å²) in [6, 6.07) is 3.45. The number of thiophene rings is 1. The Morgan fingerprint density at radius 2 is 2.33 bits per heavy atom. The fraction of sp³-hybridized carbons (Fsp3) is 0.214. The number of aromatic amines is 1. The van der Waals surface area contributed by atoms with Gasteiger partial charge in [-0.1, -0.05) is 0 Å². The van der Waals surface area contributed by atoms with Crippen molar-refractivity contribution in [2.45, 2.75) is 13.0 Å². The molecule has 0 bridgehead atoms. The highest BCUT2D eigenvalue weighted by Gasteiger charge is 2.22. The minimum absolute atomic E-state index is 0.0332. The molecule has 7 heteroatoms. The number of nitrogens with zero attached hydrogens (tertiary/aromatic N) is 1. The second-order valence-corrected chi connectivity index (χ2v) is 5.73. The maximum absolute atomic E-state index is 12.2. The number of hydrogen-bond acceptors (Lipinski definition) is 5. The van der Waals surface area contributed by atoms with Gasteiger partial charge < -0.3 is 15.6 Å². The van der Waals surface area contributed by atoms with Crippen LogP contribution in [0.4, 0.5) is 5.00 Å². The molecule has 0 unspecified atom stereocenters. The number of H-pyrrole nitrogens is 1. The Kier molecular flexibility index (Phi) is 3.56. The lowest BCUT2D eigenvalue weighted by Gasteiger charge is -2.11. The molecule has 0 aliphatic carbocycles. The van der Waals surface area contributed by atoms with Crippen molar-refractivity contribution in [2.24, 2.45) is 0 Å². The Labute approximate surface area is 124 Å². The van der Waals surface area contributed by atoms with Crippen molar-refractivity contribution in [1.29, 1.82) is 5.26 Å². The lowest BCUT2D eigenvalue weighted by Crippen LogP contribution is -2.22. The van der Waals surface area contributed by atoms with Gasteiger partial charge in [-0.2, -0.15) is 5.26 Å². The minimum Gasteiger partial charge on any atom is -0.367 e. The predicted molar refractivity (Wildman–Crippen MR) is 79.5 cm³/mol. The van der Waals surface area contributed by atoms with Crippen LogP contribution in [0.25, 0.3) is 0 Å². The summed E-state index contributed by atoms with van der Waals surface area (Å²) in [4.78, 5) is 27.6. The van der Waals surface area contributed by atoms with E-state index in [1.165, 1.54) is 29.8 Å². The number of anilines is 1. The second kappa shape index (κ2) is 5.52. The number of nitrogens with one attached hydrogen (secondary N) is 3. The zero-order valence-corrected chi connectivity index (χ0v) is 11.8. The summed E-state index contributed by atoms with van der Waals surface area (Å²) in [5, 5.41) is 15.7. The van der Waals surface area contributed by atoms with E-state index in [0.717, 1.165) is 23.4 Å². The fourth-order valence-electron chi connectivity index (χ4n) is 2.31. The van der Waals surface area contributed by atoms with Gasteiger partial charge in [-0.3, -0.25) is 9.59 Å². The summed E-state index contributed by atoms with van der Waals surface area (Å²) in [7, 11) is 0. The number of fused-ring (bicyclic) bond motifs is 1. The van der Waals surface area contributed by atoms with Crippen LogP contribution in [0.5, 0.6) is 0 Å². The average Bonchev–Trinajstić information content (AvgIpc) is 2.84. The van der Waals surface area contributed by atoms with Gasteiger partial charge in [0.05, 0.1) is 5.56 Å². The fourth-order valence-corrected chi connectivity index (χ4v) is 3.47. The molecule has 6 nitrogen and oxygen atoms in total. The molecule has 21 heavy (non-hydrogen) atoms. The van der Waals surface area contributed by atoms with Crippen molar-refractivity contribution < 1.29 is 4.79 Å². The number of nitriles is 1. The molecular formula is C14H12N4O2S. The smallest absolute Gasteiger partial charge is 0.261 e. The molecule has 3 N–H and O–H groups in total. The Hall–Kier alpha value is -2.43. The maximum Gasteiger partial charge on any atom is 0.261 e. The number of carbonyl (C=O) groups excluding carboxylic acids is 1. The molecule has 1 aliphatic rings. The number of amides is 1. The molecule has 0 fully saturated rings. The normalized spacial score (nSPS) is 13.3. The second-order valence-electron chi connectivity index (χ2n) is 4.62. The molecule has 1 amide bonds. The Morgan fingerprint density at radius 3 is 3.10 bits per heavy atom. The van der Waals surface area contributed by atoms with E-state index in [2.05, 4.69) is 21.7 Å². The molecule has 0 spiro atoms. The van der Waals surface area contributed by atoms with E-state index < -0.39 is 5.91 Å². The third-order valence-corrected chi connectivity index (χ3v) is 4.48. The van der Waals surface area contributed by atoms with Gasteiger partial charge in [-0.15, -0.1) is 11.3 Å². The van der Waals surface area contributed by atoms with E-state index in [9.17, 15) is 14.9 Å². The van der Waals surface area contributed by atoms with Crippen LogP contribution < -0.4 is 16.1 Å². The average molecular weight is 300 g/mol. The van der Waals surface area contributed by atoms with Crippen molar-refractivity contribution in [3.05, 3.63) is 50.3 Å². The van der Waals surface area contributed by atoms with Crippen molar-refractivity contribution >= 4 is 22.2 Å². The number of aromatic nitrogens is 1. The standard InChI is InChI=1S/C14H12N4O2S/c15-5-9-8-1-3-17-7-12(8)21-14(9)18-13(20)10-6-16-4-2-11(10)19/h2,4,6,17H,1,3,7H2,(H,16,19)(H,18,20). The van der Waals surface area contributed by atoms with Crippen molar-refractivity contribution in [2.75, 3.05) is 11.9 Å². The highest BCUT2D eigenvalue weighted by Crippen LogP contribution is 2.34. The third kappa shape index (κ3) is 2.46. The molecular weight excluding hydrogens is 288 g/mol. The van der Waals surface area contributed by atoms with Gasteiger partial charge in [-0.25, -0.2) is 0 Å². The number of carbonyl (C=O) groups is 1. The SMILES string of the molecule is N#Cc1c(NC(=O)c2c[nH]ccc2=O)sc2c1CCNC2. The minimum atomic E-state index is -0.500. The van der Waals surface area contributed by atoms with E-state index in [1.807, 2.05) is 0 Å². The molecule has 3 heterocycles. The maximum atomic E-state index is 12.2. The number of hydrogen-bond donors (Lipinski definition) is 3. The highest BCUT2D eigenvalue weighted by atomic mass is 32.1. The molecule has 1 aliphatic heterocycles. The van der Waals surface area contributed by atoms with Gasteiger partial charge >= 0.3 is 0 Å². The summed E-state index contributed by atoms with van der Waals surface area (Å²) in [6.45, 7) is 1.53. The van der Waals surface area contributed by atoms with E-state index in [0.29, 0.717) is 17.1 Å². The van der Waals surface area contributed by atoms with Crippen molar-refractivity contribution in [3.8, 4) is 6.07 Å². The summed E-state index contributed by atoms with van der Waals surface area (Å²) in [5.41, 5.74) is 1.19. The molecule has 106 valence electrons. The van der Waals surface area contributed by atoms with Crippen LogP contribution in [0.3, 0.4) is 0 Å². The molecule has 0 saturated heterocycles.